The first-order chi connectivity index (χ1) is 35.7. The molecule has 0 saturated carbocycles. The highest BCUT2D eigenvalue weighted by Crippen LogP contribution is 2.20. The maximum absolute atomic E-state index is 11.5. The summed E-state index contributed by atoms with van der Waals surface area (Å²) < 4.78 is 7.74. The summed E-state index contributed by atoms with van der Waals surface area (Å²) in [6.07, 6.45) is 14.0. The van der Waals surface area contributed by atoms with Crippen molar-refractivity contribution in [1.29, 1.82) is 0 Å². The molecule has 0 aromatic carbocycles. The Morgan fingerprint density at radius 2 is 1.07 bits per heavy atom. The van der Waals surface area contributed by atoms with E-state index in [4.69, 9.17) is 0 Å². The average molecular weight is 1040 g/mol. The molecule has 22 nitrogen and oxygen atoms in total. The number of pyridine rings is 1. The van der Waals surface area contributed by atoms with E-state index in [-0.39, 0.29) is 29.1 Å². The molecule has 76 heavy (non-hydrogen) atoms. The van der Waals surface area contributed by atoms with Crippen LogP contribution in [0.3, 0.4) is 0 Å². The maximum atomic E-state index is 11.5. The third kappa shape index (κ3) is 14.0. The number of carbonyl (C=O) groups is 1. The molecule has 1 amide bonds. The van der Waals surface area contributed by atoms with E-state index in [2.05, 4.69) is 129 Å². The van der Waals surface area contributed by atoms with E-state index in [1.165, 1.54) is 17.5 Å². The van der Waals surface area contributed by atoms with Crippen LogP contribution in [0.1, 0.15) is 131 Å². The van der Waals surface area contributed by atoms with Gasteiger partial charge in [0.1, 0.15) is 34.3 Å². The monoisotopic (exact) mass is 1040 g/mol. The van der Waals surface area contributed by atoms with Gasteiger partial charge in [0.2, 0.25) is 0 Å². The number of hydrogen-bond acceptors (Lipinski definition) is 15. The lowest BCUT2D eigenvalue weighted by atomic mass is 10.2. The van der Waals surface area contributed by atoms with Crippen molar-refractivity contribution < 1.29 is 4.79 Å². The fourth-order valence-corrected chi connectivity index (χ4v) is 7.64. The highest BCUT2D eigenvalue weighted by atomic mass is 16.2. The highest BCUT2D eigenvalue weighted by Gasteiger charge is 2.19. The van der Waals surface area contributed by atoms with Crippen molar-refractivity contribution >= 4 is 56.3 Å². The second-order valence-corrected chi connectivity index (χ2v) is 19.8. The number of amides is 1. The summed E-state index contributed by atoms with van der Waals surface area (Å²) in [4.78, 5) is 85.1. The quantitative estimate of drug-likeness (QED) is 0.146. The Labute approximate surface area is 443 Å². The summed E-state index contributed by atoms with van der Waals surface area (Å²) in [6, 6.07) is 3.63. The van der Waals surface area contributed by atoms with E-state index in [1.807, 2.05) is 113 Å². The van der Waals surface area contributed by atoms with Gasteiger partial charge in [0.15, 0.2) is 33.6 Å². The Morgan fingerprint density at radius 3 is 1.63 bits per heavy atom. The van der Waals surface area contributed by atoms with Crippen LogP contribution in [-0.4, -0.2) is 107 Å². The van der Waals surface area contributed by atoms with Gasteiger partial charge in [0, 0.05) is 67.1 Å². The molecular formula is C54H75N19O3. The van der Waals surface area contributed by atoms with Crippen LogP contribution in [-0.2, 0) is 11.8 Å². The first-order valence-electron chi connectivity index (χ1n) is 25.1. The average Bonchev–Trinajstić information content (AvgIpc) is 4.16. The third-order valence-electron chi connectivity index (χ3n) is 12.0. The fourth-order valence-electron chi connectivity index (χ4n) is 7.64. The number of H-pyrrole nitrogens is 2. The van der Waals surface area contributed by atoms with Crippen LogP contribution in [0.4, 0.5) is 0 Å². The number of aromatic nitrogens is 15. The zero-order valence-corrected chi connectivity index (χ0v) is 47.4. The van der Waals surface area contributed by atoms with Crippen molar-refractivity contribution in [2.75, 3.05) is 0 Å². The van der Waals surface area contributed by atoms with Gasteiger partial charge in [-0.2, -0.15) is 0 Å². The molecule has 0 unspecified atom stereocenters. The molecule has 0 aliphatic carbocycles. The van der Waals surface area contributed by atoms with Crippen molar-refractivity contribution in [3.8, 4) is 0 Å². The normalized spacial score (nSPS) is 13.4. The molecule has 0 atom stereocenters. The number of nitrogens with one attached hydrogen (secondary N) is 3. The van der Waals surface area contributed by atoms with E-state index >= 15 is 0 Å². The Bertz CT molecular complexity index is 3570. The van der Waals surface area contributed by atoms with Gasteiger partial charge in [-0.25, -0.2) is 49.8 Å². The topological polar surface area (TPSA) is 249 Å². The van der Waals surface area contributed by atoms with Crippen LogP contribution in [0.25, 0.3) is 44.7 Å². The van der Waals surface area contributed by atoms with Crippen LogP contribution >= 0.6 is 0 Å². The van der Waals surface area contributed by atoms with Gasteiger partial charge in [0.05, 0.1) is 37.3 Å². The van der Waals surface area contributed by atoms with E-state index in [1.54, 1.807) is 39.0 Å². The van der Waals surface area contributed by atoms with Gasteiger partial charge in [-0.1, -0.05) is 13.2 Å². The predicted molar refractivity (Wildman–Crippen MR) is 301 cm³/mol. The van der Waals surface area contributed by atoms with Gasteiger partial charge in [0.25, 0.3) is 17.0 Å². The first-order valence-corrected chi connectivity index (χ1v) is 25.1. The molecule has 8 aromatic heterocycles. The number of aliphatic imine (C=N–C) groups is 1. The predicted octanol–water partition coefficient (Wildman–Crippen LogP) is 8.76. The Hall–Kier alpha value is -8.43. The summed E-state index contributed by atoms with van der Waals surface area (Å²) in [5, 5.41) is 2.68. The van der Waals surface area contributed by atoms with E-state index in [9.17, 15) is 14.4 Å². The fraction of sp³-hybridized carbons (Fsp3) is 0.426. The lowest BCUT2D eigenvalue weighted by Crippen LogP contribution is -2.40. The number of aromatic amines is 2. The highest BCUT2D eigenvalue weighted by molar-refractivity contribution is 5.99. The first kappa shape index (κ1) is 58.5. The molecule has 22 heteroatoms. The number of imidazole rings is 4. The van der Waals surface area contributed by atoms with Crippen LogP contribution in [0.5, 0.6) is 0 Å². The molecule has 10 heterocycles. The van der Waals surface area contributed by atoms with Crippen molar-refractivity contribution in [3.63, 3.8) is 0 Å². The molecule has 3 N–H and O–H groups in total. The number of hydrogen-bond donors (Lipinski definition) is 3. The van der Waals surface area contributed by atoms with E-state index in [0.29, 0.717) is 52.1 Å². The van der Waals surface area contributed by atoms with E-state index in [0.717, 1.165) is 51.0 Å². The summed E-state index contributed by atoms with van der Waals surface area (Å²) >= 11 is 0. The van der Waals surface area contributed by atoms with Crippen LogP contribution in [0, 0.1) is 27.7 Å². The molecule has 2 aliphatic heterocycles. The number of fused-ring (bicyclic) bond motifs is 4. The third-order valence-corrected chi connectivity index (χ3v) is 12.0. The van der Waals surface area contributed by atoms with Crippen molar-refractivity contribution in [1.82, 2.24) is 88.2 Å². The Morgan fingerprint density at radius 1 is 0.539 bits per heavy atom. The second-order valence-electron chi connectivity index (χ2n) is 19.8. The largest absolute Gasteiger partial charge is 0.332 e. The minimum Gasteiger partial charge on any atom is -0.332 e. The van der Waals surface area contributed by atoms with Crippen LogP contribution < -0.4 is 16.4 Å². The lowest BCUT2D eigenvalue weighted by molar-refractivity contribution is -0.117. The summed E-state index contributed by atoms with van der Waals surface area (Å²) in [5.74, 6) is 2.85. The molecule has 10 rings (SSSR count). The summed E-state index contributed by atoms with van der Waals surface area (Å²) in [5.41, 5.74) is 10.7. The molecule has 2 aliphatic rings. The molecular weight excluding hydrogens is 963 g/mol. The van der Waals surface area contributed by atoms with Gasteiger partial charge >= 0.3 is 0 Å². The second kappa shape index (κ2) is 25.2. The molecule has 8 aromatic rings. The minimum absolute atomic E-state index is 0.0584. The maximum Gasteiger partial charge on any atom is 0.279 e. The van der Waals surface area contributed by atoms with Gasteiger partial charge in [-0.05, 0) is 135 Å². The Balaban J connectivity index is 0.000000169. The smallest absolute Gasteiger partial charge is 0.279 e. The van der Waals surface area contributed by atoms with Gasteiger partial charge in [-0.3, -0.25) is 14.4 Å². The molecule has 0 radical (unpaired) electrons. The minimum atomic E-state index is -0.190. The van der Waals surface area contributed by atoms with Crippen molar-refractivity contribution in [2.24, 2.45) is 12.0 Å². The number of rotatable bonds is 5. The van der Waals surface area contributed by atoms with Crippen molar-refractivity contribution in [2.45, 2.75) is 148 Å². The standard InChI is InChI=1S/C10H14N4.C10H16N2.C9H12N4O.C9H14N2O.C8H10N4O.C8H9N3/c1-6(2)14-5-11-9-7(3)12-8(4)13-10(9)14;1-7(2)12-6-8(3)9(4)11-10(12)5;1-5(2)13-4-10-7-8(13)11-6(3)12-9(7)14;1-6(2)11-5-7(3)9(12)10-8(11)4;1-5(2)12-4-11-6-7(12)9-3-10-8(6)13;1-6-3-4-9-8-7(6)10-5-11(8)2/h5-6H,1-4H3;6-7H,5H2,1-4H3;4-5H,1-3H3,(H,11,12,14);5-6H,4H2,1-3H3,(H,10,12);3-5H,1-2H3,(H,9,10,13);3-5H,1-2H3. The number of nitrogens with zero attached hydrogens (tertiary/aromatic N) is 16. The number of aryl methyl sites for hydroxylation is 5. The van der Waals surface area contributed by atoms with Gasteiger partial charge < -0.3 is 43.4 Å². The van der Waals surface area contributed by atoms with Crippen molar-refractivity contribution in [3.05, 3.63) is 136 Å². The number of allylic oxidation sites excluding steroid dienone is 1. The SMILES string of the molecule is C=C1N=C(C)C(C)=CN1C(C)C.C=C1NC(=O)C(C)=CN1C(C)C.CC(C)n1cnc2c(=O)[nH]cnc21.Cc1ccnc2c1ncn2C.Cc1nc(C)c2ncn(C(C)C)c2n1.Cc1nc2c(ncn2C(C)C)c(=O)[nH]1. The molecule has 0 saturated heterocycles. The molecule has 404 valence electrons. The Kier molecular flexibility index (Phi) is 19.4. The van der Waals surface area contributed by atoms with E-state index < -0.39 is 0 Å². The molecule has 0 spiro atoms. The summed E-state index contributed by atoms with van der Waals surface area (Å²) in [6.45, 7) is 41.9. The zero-order valence-electron chi connectivity index (χ0n) is 47.4. The van der Waals surface area contributed by atoms with Gasteiger partial charge in [-0.15, -0.1) is 0 Å². The zero-order chi connectivity index (χ0) is 56.5. The molecule has 0 fully saturated rings. The van der Waals surface area contributed by atoms with Crippen LogP contribution in [0.15, 0.2) is 107 Å². The molecule has 0 bridgehead atoms. The summed E-state index contributed by atoms with van der Waals surface area (Å²) in [7, 11) is 1.95. The number of carbonyl (C=O) groups excluding carboxylic acids is 1. The lowest BCUT2D eigenvalue weighted by Gasteiger charge is -2.31. The van der Waals surface area contributed by atoms with Crippen LogP contribution in [0.2, 0.25) is 0 Å².